The van der Waals surface area contributed by atoms with E-state index >= 15 is 0 Å². The minimum Gasteiger partial charge on any atom is -0.484 e. The van der Waals surface area contributed by atoms with Crippen LogP contribution in [0.3, 0.4) is 0 Å². The zero-order chi connectivity index (χ0) is 20.7. The highest BCUT2D eigenvalue weighted by atomic mass is 19.4. The third kappa shape index (κ3) is 6.86. The lowest BCUT2D eigenvalue weighted by atomic mass is 10.2. The second kappa shape index (κ2) is 9.16. The summed E-state index contributed by atoms with van der Waals surface area (Å²) in [5, 5.41) is 4.67. The molecule has 0 saturated carbocycles. The fourth-order valence-corrected chi connectivity index (χ4v) is 2.06. The monoisotopic (exact) mass is 402 g/mol. The van der Waals surface area contributed by atoms with Crippen molar-refractivity contribution in [2.75, 3.05) is 13.2 Å². The molecular formula is C18H15F5N2O3. The average molecular weight is 402 g/mol. The molecule has 0 fully saturated rings. The van der Waals surface area contributed by atoms with Gasteiger partial charge in [-0.25, -0.2) is 8.78 Å². The molecule has 0 saturated heterocycles. The van der Waals surface area contributed by atoms with Crippen LogP contribution in [-0.4, -0.2) is 31.1 Å². The number of alkyl halides is 3. The van der Waals surface area contributed by atoms with Crippen molar-refractivity contribution in [1.82, 2.24) is 10.6 Å². The van der Waals surface area contributed by atoms with E-state index < -0.39 is 48.3 Å². The zero-order valence-corrected chi connectivity index (χ0v) is 14.3. The summed E-state index contributed by atoms with van der Waals surface area (Å²) in [6.07, 6.45) is -4.44. The van der Waals surface area contributed by atoms with E-state index in [4.69, 9.17) is 0 Å². The Morgan fingerprint density at radius 1 is 0.964 bits per heavy atom. The van der Waals surface area contributed by atoms with Crippen LogP contribution >= 0.6 is 0 Å². The van der Waals surface area contributed by atoms with Crippen molar-refractivity contribution in [3.8, 4) is 5.75 Å². The number of carbonyl (C=O) groups is 2. The molecule has 10 heteroatoms. The number of hydrogen-bond donors (Lipinski definition) is 2. The summed E-state index contributed by atoms with van der Waals surface area (Å²) >= 11 is 0. The fourth-order valence-electron chi connectivity index (χ4n) is 2.06. The van der Waals surface area contributed by atoms with Crippen LogP contribution in [0.15, 0.2) is 42.5 Å². The normalized spacial score (nSPS) is 11.0. The number of benzene rings is 2. The van der Waals surface area contributed by atoms with Gasteiger partial charge in [0, 0.05) is 12.6 Å². The van der Waals surface area contributed by atoms with Crippen LogP contribution in [0, 0.1) is 11.6 Å². The predicted molar refractivity (Wildman–Crippen MR) is 88.5 cm³/mol. The molecule has 0 aliphatic carbocycles. The maximum atomic E-state index is 13.5. The lowest BCUT2D eigenvalue weighted by Crippen LogP contribution is -2.36. The summed E-state index contributed by atoms with van der Waals surface area (Å²) in [5.41, 5.74) is 0.187. The molecule has 0 radical (unpaired) electrons. The van der Waals surface area contributed by atoms with Crippen LogP contribution < -0.4 is 15.4 Å². The molecule has 0 atom stereocenters. The van der Waals surface area contributed by atoms with Gasteiger partial charge >= 0.3 is 6.18 Å². The Hall–Kier alpha value is -3.17. The van der Waals surface area contributed by atoms with Crippen molar-refractivity contribution in [2.45, 2.75) is 12.7 Å². The average Bonchev–Trinajstić information content (AvgIpc) is 2.63. The van der Waals surface area contributed by atoms with E-state index in [1.54, 1.807) is 0 Å². The number of nitrogens with one attached hydrogen (secondary N) is 2. The predicted octanol–water partition coefficient (Wildman–Crippen LogP) is 2.95. The first-order valence-electron chi connectivity index (χ1n) is 7.92. The van der Waals surface area contributed by atoms with Crippen LogP contribution in [0.25, 0.3) is 0 Å². The Balaban J connectivity index is 1.77. The van der Waals surface area contributed by atoms with E-state index in [1.165, 1.54) is 24.3 Å². The number of carbonyl (C=O) groups excluding carboxylic acids is 2. The number of halogens is 5. The first-order valence-corrected chi connectivity index (χ1v) is 7.92. The molecule has 0 heterocycles. The molecule has 28 heavy (non-hydrogen) atoms. The smallest absolute Gasteiger partial charge is 0.422 e. The summed E-state index contributed by atoms with van der Waals surface area (Å²) in [6.45, 7) is -1.79. The molecule has 0 bridgehead atoms. The molecule has 2 aromatic carbocycles. The van der Waals surface area contributed by atoms with Gasteiger partial charge in [0.05, 0.1) is 12.1 Å². The molecule has 2 aromatic rings. The van der Waals surface area contributed by atoms with Crippen molar-refractivity contribution < 1.29 is 36.3 Å². The van der Waals surface area contributed by atoms with Crippen molar-refractivity contribution in [2.24, 2.45) is 0 Å². The summed E-state index contributed by atoms with van der Waals surface area (Å²) in [7, 11) is 0. The Kier molecular flexibility index (Phi) is 6.91. The lowest BCUT2D eigenvalue weighted by Gasteiger charge is -2.10. The fraction of sp³-hybridized carbons (Fsp3) is 0.222. The number of rotatable bonds is 7. The van der Waals surface area contributed by atoms with Gasteiger partial charge in [-0.05, 0) is 29.8 Å². The third-order valence-corrected chi connectivity index (χ3v) is 3.40. The van der Waals surface area contributed by atoms with E-state index in [1.807, 2.05) is 0 Å². The van der Waals surface area contributed by atoms with E-state index in [0.717, 1.165) is 12.1 Å². The molecule has 5 nitrogen and oxygen atoms in total. The Morgan fingerprint density at radius 3 is 2.25 bits per heavy atom. The minimum atomic E-state index is -4.44. The molecule has 0 unspecified atom stereocenters. The summed E-state index contributed by atoms with van der Waals surface area (Å²) in [5.74, 6) is -3.31. The highest BCUT2D eigenvalue weighted by Gasteiger charge is 2.28. The molecule has 0 aliphatic heterocycles. The third-order valence-electron chi connectivity index (χ3n) is 3.40. The first kappa shape index (κ1) is 21.1. The van der Waals surface area contributed by atoms with Gasteiger partial charge in [-0.3, -0.25) is 9.59 Å². The summed E-state index contributed by atoms with van der Waals surface area (Å²) in [6, 6.07) is 8.02. The van der Waals surface area contributed by atoms with Gasteiger partial charge in [-0.1, -0.05) is 12.1 Å². The van der Waals surface area contributed by atoms with Crippen LogP contribution in [-0.2, 0) is 11.3 Å². The molecule has 2 amide bonds. The standard InChI is InChI=1S/C18H15F5N2O3/c19-12-3-6-14(15(20)7-12)17(27)25-9-16(26)24-8-11-1-4-13(5-2-11)28-10-18(21,22)23/h1-7H,8-10H2,(H,24,26)(H,25,27). The van der Waals surface area contributed by atoms with Gasteiger partial charge in [0.1, 0.15) is 17.4 Å². The van der Waals surface area contributed by atoms with Crippen molar-refractivity contribution in [3.05, 3.63) is 65.2 Å². The van der Waals surface area contributed by atoms with Gasteiger partial charge in [-0.15, -0.1) is 0 Å². The number of ether oxygens (including phenoxy) is 1. The van der Waals surface area contributed by atoms with Gasteiger partial charge < -0.3 is 15.4 Å². The summed E-state index contributed by atoms with van der Waals surface area (Å²) < 4.78 is 67.1. The van der Waals surface area contributed by atoms with Crippen LogP contribution in [0.1, 0.15) is 15.9 Å². The van der Waals surface area contributed by atoms with E-state index in [9.17, 15) is 31.5 Å². The van der Waals surface area contributed by atoms with Crippen molar-refractivity contribution in [3.63, 3.8) is 0 Å². The molecular weight excluding hydrogens is 387 g/mol. The van der Waals surface area contributed by atoms with E-state index in [-0.39, 0.29) is 12.3 Å². The van der Waals surface area contributed by atoms with Crippen LogP contribution in [0.4, 0.5) is 22.0 Å². The second-order valence-electron chi connectivity index (χ2n) is 5.63. The molecule has 0 aromatic heterocycles. The highest BCUT2D eigenvalue weighted by molar-refractivity contribution is 5.96. The zero-order valence-electron chi connectivity index (χ0n) is 14.3. The van der Waals surface area contributed by atoms with Crippen molar-refractivity contribution in [1.29, 1.82) is 0 Å². The molecule has 0 spiro atoms. The molecule has 2 N–H and O–H groups in total. The molecule has 0 aliphatic rings. The molecule has 150 valence electrons. The van der Waals surface area contributed by atoms with Gasteiger partial charge in [-0.2, -0.15) is 13.2 Å². The quantitative estimate of drug-likeness (QED) is 0.700. The summed E-state index contributed by atoms with van der Waals surface area (Å²) in [4.78, 5) is 23.5. The SMILES string of the molecule is O=C(CNC(=O)c1ccc(F)cc1F)NCc1ccc(OCC(F)(F)F)cc1. The highest BCUT2D eigenvalue weighted by Crippen LogP contribution is 2.18. The van der Waals surface area contributed by atoms with Crippen molar-refractivity contribution >= 4 is 11.8 Å². The Bertz CT molecular complexity index is 838. The van der Waals surface area contributed by atoms with E-state index in [2.05, 4.69) is 15.4 Å². The maximum absolute atomic E-state index is 13.5. The van der Waals surface area contributed by atoms with Crippen LogP contribution in [0.5, 0.6) is 5.75 Å². The van der Waals surface area contributed by atoms with Gasteiger partial charge in [0.25, 0.3) is 5.91 Å². The lowest BCUT2D eigenvalue weighted by molar-refractivity contribution is -0.153. The topological polar surface area (TPSA) is 67.4 Å². The second-order valence-corrected chi connectivity index (χ2v) is 5.63. The van der Waals surface area contributed by atoms with Gasteiger partial charge in [0.2, 0.25) is 5.91 Å². The first-order chi connectivity index (χ1) is 13.1. The van der Waals surface area contributed by atoms with Gasteiger partial charge in [0.15, 0.2) is 6.61 Å². The maximum Gasteiger partial charge on any atom is 0.422 e. The largest absolute Gasteiger partial charge is 0.484 e. The number of amides is 2. The molecule has 2 rings (SSSR count). The Morgan fingerprint density at radius 2 is 1.64 bits per heavy atom. The van der Waals surface area contributed by atoms with E-state index in [0.29, 0.717) is 11.6 Å². The minimum absolute atomic E-state index is 0.0287. The van der Waals surface area contributed by atoms with Crippen LogP contribution in [0.2, 0.25) is 0 Å². The number of hydrogen-bond acceptors (Lipinski definition) is 3. The Labute approximate surface area is 156 Å².